The van der Waals surface area contributed by atoms with Crippen LogP contribution in [-0.4, -0.2) is 28.5 Å². The minimum absolute atomic E-state index is 0.0485. The molecule has 1 atom stereocenters. The van der Waals surface area contributed by atoms with E-state index in [1.54, 1.807) is 18.3 Å². The van der Waals surface area contributed by atoms with Gasteiger partial charge < -0.3 is 4.55 Å². The van der Waals surface area contributed by atoms with Crippen LogP contribution in [0.15, 0.2) is 54.1 Å². The first-order valence-electron chi connectivity index (χ1n) is 5.86. The maximum atomic E-state index is 13.1. The van der Waals surface area contributed by atoms with Crippen LogP contribution in [0.25, 0.3) is 16.9 Å². The molecular weight excluding hydrogens is 295 g/mol. The predicted octanol–water partition coefficient (Wildman–Crippen LogP) is 1.71. The lowest BCUT2D eigenvalue weighted by molar-refractivity contribution is 0.533. The highest BCUT2D eigenvalue weighted by molar-refractivity contribution is 7.79. The summed E-state index contributed by atoms with van der Waals surface area (Å²) in [6.45, 7) is 0. The van der Waals surface area contributed by atoms with Crippen molar-refractivity contribution < 1.29 is 13.2 Å². The van der Waals surface area contributed by atoms with Gasteiger partial charge in [0, 0.05) is 17.8 Å². The molecule has 21 heavy (non-hydrogen) atoms. The van der Waals surface area contributed by atoms with Crippen LogP contribution in [0.4, 0.5) is 4.39 Å². The summed E-state index contributed by atoms with van der Waals surface area (Å²) in [5, 5.41) is 4.05. The molecule has 0 spiro atoms. The zero-order valence-electron chi connectivity index (χ0n) is 10.5. The molecule has 3 heterocycles. The van der Waals surface area contributed by atoms with Crippen molar-refractivity contribution in [3.05, 3.63) is 54.9 Å². The molecular formula is C13H8FN4O2S-. The monoisotopic (exact) mass is 303 g/mol. The number of halogens is 1. The molecule has 106 valence electrons. The summed E-state index contributed by atoms with van der Waals surface area (Å²) in [5.41, 5.74) is 1.55. The molecule has 0 amide bonds. The van der Waals surface area contributed by atoms with E-state index in [1.807, 2.05) is 0 Å². The van der Waals surface area contributed by atoms with Crippen molar-refractivity contribution in [3.63, 3.8) is 0 Å². The molecule has 3 aromatic rings. The predicted molar refractivity (Wildman–Crippen MR) is 71.7 cm³/mol. The Hall–Kier alpha value is -2.45. The van der Waals surface area contributed by atoms with E-state index < -0.39 is 16.9 Å². The van der Waals surface area contributed by atoms with Crippen molar-refractivity contribution in [2.24, 2.45) is 0 Å². The Kier molecular flexibility index (Phi) is 3.55. The van der Waals surface area contributed by atoms with E-state index in [4.69, 9.17) is 0 Å². The van der Waals surface area contributed by atoms with Crippen LogP contribution in [0.1, 0.15) is 0 Å². The highest BCUT2D eigenvalue weighted by atomic mass is 32.2. The maximum absolute atomic E-state index is 13.1. The Labute approximate surface area is 121 Å². The van der Waals surface area contributed by atoms with Crippen molar-refractivity contribution in [2.75, 3.05) is 0 Å². The van der Waals surface area contributed by atoms with E-state index in [0.717, 1.165) is 6.20 Å². The summed E-state index contributed by atoms with van der Waals surface area (Å²) in [6, 6.07) is 5.95. The summed E-state index contributed by atoms with van der Waals surface area (Å²) in [4.78, 5) is 7.76. The van der Waals surface area contributed by atoms with Gasteiger partial charge in [0.1, 0.15) is 10.8 Å². The Bertz CT molecular complexity index is 821. The number of hydrogen-bond donors (Lipinski definition) is 0. The molecule has 3 aromatic heterocycles. The fourth-order valence-electron chi connectivity index (χ4n) is 1.79. The molecule has 0 saturated heterocycles. The first-order valence-corrected chi connectivity index (χ1v) is 6.93. The summed E-state index contributed by atoms with van der Waals surface area (Å²) in [6.07, 6.45) is 5.71. The van der Waals surface area contributed by atoms with Gasteiger partial charge in [-0.1, -0.05) is 6.07 Å². The average molecular weight is 303 g/mol. The third-order valence-corrected chi connectivity index (χ3v) is 3.30. The standard InChI is InChI=1S/C13H9FN4O2S/c14-10-4-11(7-15-6-10)18-8-9(5-16-18)12-2-1-3-13(17-12)21(19)20/h1-8H,(H,19,20)/p-1. The first-order chi connectivity index (χ1) is 10.1. The second-order valence-corrected chi connectivity index (χ2v) is 5.02. The molecule has 0 fully saturated rings. The van der Waals surface area contributed by atoms with Crippen LogP contribution >= 0.6 is 0 Å². The lowest BCUT2D eigenvalue weighted by atomic mass is 10.2. The van der Waals surface area contributed by atoms with Gasteiger partial charge in [-0.05, 0) is 23.2 Å². The van der Waals surface area contributed by atoms with Crippen LogP contribution in [0.2, 0.25) is 0 Å². The second kappa shape index (κ2) is 5.51. The van der Waals surface area contributed by atoms with Crippen molar-refractivity contribution in [3.8, 4) is 16.9 Å². The van der Waals surface area contributed by atoms with Crippen LogP contribution in [0, 0.1) is 5.82 Å². The summed E-state index contributed by atoms with van der Waals surface area (Å²) in [5.74, 6) is -0.466. The van der Waals surface area contributed by atoms with Crippen LogP contribution in [0.3, 0.4) is 0 Å². The molecule has 1 unspecified atom stereocenters. The van der Waals surface area contributed by atoms with Crippen molar-refractivity contribution in [1.82, 2.24) is 19.7 Å². The molecule has 0 aliphatic heterocycles. The third-order valence-electron chi connectivity index (χ3n) is 2.73. The molecule has 0 bridgehead atoms. The molecule has 0 saturated carbocycles. The SMILES string of the molecule is O=S([O-])c1cccc(-c2cnn(-c3cncc(F)c3)c2)n1. The van der Waals surface area contributed by atoms with Crippen molar-refractivity contribution >= 4 is 11.1 Å². The van der Waals surface area contributed by atoms with Crippen LogP contribution in [0.5, 0.6) is 0 Å². The topological polar surface area (TPSA) is 83.7 Å². The Morgan fingerprint density at radius 1 is 1.24 bits per heavy atom. The quantitative estimate of drug-likeness (QED) is 0.688. The second-order valence-electron chi connectivity index (χ2n) is 4.13. The number of rotatable bonds is 3. The number of pyridine rings is 2. The minimum Gasteiger partial charge on any atom is -0.767 e. The molecule has 0 aliphatic rings. The van der Waals surface area contributed by atoms with Gasteiger partial charge in [0.2, 0.25) is 0 Å². The van der Waals surface area contributed by atoms with E-state index in [1.165, 1.54) is 29.2 Å². The van der Waals surface area contributed by atoms with E-state index in [2.05, 4.69) is 15.1 Å². The van der Waals surface area contributed by atoms with Gasteiger partial charge in [-0.2, -0.15) is 5.10 Å². The molecule has 8 heteroatoms. The van der Waals surface area contributed by atoms with Gasteiger partial charge in [-0.25, -0.2) is 14.1 Å². The summed E-state index contributed by atoms with van der Waals surface area (Å²) >= 11 is -2.39. The fourth-order valence-corrected chi connectivity index (χ4v) is 2.15. The normalized spacial score (nSPS) is 12.3. The Balaban J connectivity index is 1.98. The van der Waals surface area contributed by atoms with Crippen molar-refractivity contribution in [1.29, 1.82) is 0 Å². The van der Waals surface area contributed by atoms with Gasteiger partial charge in [-0.3, -0.25) is 9.19 Å². The largest absolute Gasteiger partial charge is 0.767 e. The van der Waals surface area contributed by atoms with Gasteiger partial charge in [0.15, 0.2) is 0 Å². The molecule has 0 N–H and O–H groups in total. The average Bonchev–Trinajstić information content (AvgIpc) is 2.97. The zero-order valence-corrected chi connectivity index (χ0v) is 11.3. The van der Waals surface area contributed by atoms with Crippen molar-refractivity contribution in [2.45, 2.75) is 5.03 Å². The van der Waals surface area contributed by atoms with E-state index in [9.17, 15) is 13.2 Å². The summed E-state index contributed by atoms with van der Waals surface area (Å²) in [7, 11) is 0. The smallest absolute Gasteiger partial charge is 0.143 e. The Morgan fingerprint density at radius 2 is 2.10 bits per heavy atom. The molecule has 6 nitrogen and oxygen atoms in total. The maximum Gasteiger partial charge on any atom is 0.143 e. The minimum atomic E-state index is -2.39. The van der Waals surface area contributed by atoms with Gasteiger partial charge in [-0.15, -0.1) is 0 Å². The highest BCUT2D eigenvalue weighted by Crippen LogP contribution is 2.19. The molecule has 3 rings (SSSR count). The lowest BCUT2D eigenvalue weighted by Gasteiger charge is -2.05. The zero-order chi connectivity index (χ0) is 14.8. The van der Waals surface area contributed by atoms with E-state index >= 15 is 0 Å². The van der Waals surface area contributed by atoms with Crippen LogP contribution < -0.4 is 0 Å². The van der Waals surface area contributed by atoms with E-state index in [-0.39, 0.29) is 5.03 Å². The van der Waals surface area contributed by atoms with Gasteiger partial charge in [0.05, 0.1) is 30.0 Å². The third kappa shape index (κ3) is 2.86. The molecule has 0 aliphatic carbocycles. The Morgan fingerprint density at radius 3 is 2.86 bits per heavy atom. The van der Waals surface area contributed by atoms with Gasteiger partial charge in [0.25, 0.3) is 0 Å². The van der Waals surface area contributed by atoms with Crippen LogP contribution in [-0.2, 0) is 11.1 Å². The highest BCUT2D eigenvalue weighted by Gasteiger charge is 2.07. The number of nitrogens with zero attached hydrogens (tertiary/aromatic N) is 4. The summed E-state index contributed by atoms with van der Waals surface area (Å²) < 4.78 is 36.4. The first kappa shape index (κ1) is 13.5. The van der Waals surface area contributed by atoms with Gasteiger partial charge >= 0.3 is 0 Å². The lowest BCUT2D eigenvalue weighted by Crippen LogP contribution is -1.96. The molecule has 0 radical (unpaired) electrons. The molecule has 0 aromatic carbocycles. The number of hydrogen-bond acceptors (Lipinski definition) is 5. The number of aromatic nitrogens is 4. The fraction of sp³-hybridized carbons (Fsp3) is 0. The van der Waals surface area contributed by atoms with E-state index in [0.29, 0.717) is 16.9 Å².